The van der Waals surface area contributed by atoms with E-state index in [1.54, 1.807) is 30.4 Å². The zero-order valence-corrected chi connectivity index (χ0v) is 57.8. The summed E-state index contributed by atoms with van der Waals surface area (Å²) in [7, 11) is -10.9. The molecule has 0 saturated heterocycles. The molecule has 0 amide bonds. The Morgan fingerprint density at radius 2 is 0.885 bits per heavy atom. The van der Waals surface area contributed by atoms with Crippen LogP contribution in [0.4, 0.5) is 4.39 Å². The van der Waals surface area contributed by atoms with Gasteiger partial charge in [-0.2, -0.15) is 15.3 Å². The number of halogens is 3. The van der Waals surface area contributed by atoms with Crippen molar-refractivity contribution in [3.8, 4) is 0 Å². The number of aromatic amines is 3. The van der Waals surface area contributed by atoms with E-state index in [1.165, 1.54) is 22.3 Å². The number of hydrogen-bond acceptors (Lipinski definition) is 9. The smallest absolute Gasteiger partial charge is 0.234 e. The Hall–Kier alpha value is -8.11. The Morgan fingerprint density at radius 3 is 1.32 bits per heavy atom. The van der Waals surface area contributed by atoms with Crippen LogP contribution in [0.5, 0.6) is 0 Å². The van der Waals surface area contributed by atoms with Gasteiger partial charge >= 0.3 is 0 Å². The van der Waals surface area contributed by atoms with Gasteiger partial charge in [-0.1, -0.05) is 157 Å². The van der Waals surface area contributed by atoms with Crippen molar-refractivity contribution >= 4 is 94.8 Å². The van der Waals surface area contributed by atoms with E-state index >= 15 is 0 Å². The number of sulfonamides is 3. The summed E-state index contributed by atoms with van der Waals surface area (Å²) < 4.78 is 97.4. The van der Waals surface area contributed by atoms with Gasteiger partial charge in [0.05, 0.1) is 28.5 Å². The molecule has 1 unspecified atom stereocenters. The molecule has 12 rings (SSSR count). The molecule has 0 radical (unpaired) electrons. The van der Waals surface area contributed by atoms with Crippen molar-refractivity contribution in [1.82, 2.24) is 44.8 Å². The van der Waals surface area contributed by atoms with E-state index in [2.05, 4.69) is 56.9 Å². The van der Waals surface area contributed by atoms with Crippen molar-refractivity contribution in [3.63, 3.8) is 0 Å². The molecule has 3 aliphatic carbocycles. The maximum Gasteiger partial charge on any atom is 0.234 e. The van der Waals surface area contributed by atoms with Crippen molar-refractivity contribution in [2.45, 2.75) is 128 Å². The van der Waals surface area contributed by atoms with Crippen molar-refractivity contribution < 1.29 is 29.6 Å². The molecule has 4 atom stereocenters. The normalized spacial score (nSPS) is 17.1. The summed E-state index contributed by atoms with van der Waals surface area (Å²) in [6.07, 6.45) is 21.5. The van der Waals surface area contributed by atoms with Crippen molar-refractivity contribution in [2.75, 3.05) is 0 Å². The van der Waals surface area contributed by atoms with Gasteiger partial charge in [-0.15, -0.1) is 0 Å². The number of H-pyrrole nitrogens is 3. The number of rotatable bonds is 19. The van der Waals surface area contributed by atoms with Crippen LogP contribution in [0.1, 0.15) is 187 Å². The first-order valence-corrected chi connectivity index (χ1v) is 37.8. The van der Waals surface area contributed by atoms with E-state index in [9.17, 15) is 29.6 Å². The predicted octanol–water partition coefficient (Wildman–Crippen LogP) is 17.2. The molecule has 0 fully saturated rings. The fourth-order valence-electron chi connectivity index (χ4n) is 12.2. The molecule has 0 spiro atoms. The van der Waals surface area contributed by atoms with E-state index in [0.29, 0.717) is 15.7 Å². The van der Waals surface area contributed by atoms with E-state index in [0.717, 1.165) is 173 Å². The average molecular weight is 1390 g/mol. The molecule has 6 N–H and O–H groups in total. The van der Waals surface area contributed by atoms with E-state index < -0.39 is 30.1 Å². The van der Waals surface area contributed by atoms with Crippen LogP contribution < -0.4 is 14.2 Å². The van der Waals surface area contributed by atoms with Crippen LogP contribution >= 0.6 is 23.2 Å². The van der Waals surface area contributed by atoms with Gasteiger partial charge in [-0.3, -0.25) is 15.3 Å². The van der Waals surface area contributed by atoms with Gasteiger partial charge in [-0.25, -0.2) is 43.8 Å². The molecule has 0 saturated carbocycles. The highest BCUT2D eigenvalue weighted by Gasteiger charge is 2.26. The number of hydrogen-bond donors (Lipinski definition) is 6. The SMILES string of the molecule is C[C@@H](NS(=O)(=O)/C=C/c1[nH]nc2c1CCCC/C2=C\c1ccc(Cl)cc1)c1ccccc1.C[C@@H](NS(=O)(=O)/C=C/c1n[nH]c2c1CCCCC2Cc1cccc(F)c1)c1ccccc1.C[C@H](NS(=O)(=O)/C=C/c1[nH]nc2c1CCCC/C2=C\c1ccc(Cl)cc1)c1ccccc1. The molecule has 500 valence electrons. The van der Waals surface area contributed by atoms with E-state index in [1.807, 2.05) is 166 Å². The Labute approximate surface area is 573 Å². The fourth-order valence-corrected chi connectivity index (χ4v) is 15.5. The standard InChI is InChI=1S/2C25H26ClN3O2S.C25H28FN3O2S/c2*1-18(20-7-3-2-4-8-20)29-32(30,31)16-15-24-23-10-6-5-9-21(25(23)28-27-24)17-19-11-13-22(26)14-12-19;1-18(20-9-3-2-4-10-20)29-32(30,31)15-14-24-23-13-6-5-11-21(25(23)28-27-24)16-19-8-7-12-22(26)17-19/h2*2-4,7-8,11-18,29H,5-6,9-10H2,1H3,(H,27,28);2-4,7-10,12,14-15,17-18,21,29H,5-6,11,13,16H2,1H3,(H,27,28)/b2*16-15+,21-17+;15-14+/t2*18-;18-,21?/m101/s1. The lowest BCUT2D eigenvalue weighted by Crippen LogP contribution is -2.24. The van der Waals surface area contributed by atoms with Gasteiger partial charge in [0, 0.05) is 72.7 Å². The molecular weight excluding hydrogens is 1310 g/mol. The summed E-state index contributed by atoms with van der Waals surface area (Å²) in [4.78, 5) is 0. The lowest BCUT2D eigenvalue weighted by Gasteiger charge is -2.14. The third-order valence-corrected chi connectivity index (χ3v) is 21.2. The maximum absolute atomic E-state index is 13.6. The fraction of sp³-hybridized carbons (Fsp3) is 0.267. The summed E-state index contributed by atoms with van der Waals surface area (Å²) in [5, 5.41) is 27.7. The minimum atomic E-state index is -3.63. The second-order valence-corrected chi connectivity index (χ2v) is 30.0. The molecule has 0 bridgehead atoms. The second kappa shape index (κ2) is 33.2. The number of aromatic nitrogens is 6. The molecule has 15 nitrogen and oxygen atoms in total. The van der Waals surface area contributed by atoms with Gasteiger partial charge in [0.2, 0.25) is 30.1 Å². The highest BCUT2D eigenvalue weighted by Crippen LogP contribution is 2.36. The van der Waals surface area contributed by atoms with Gasteiger partial charge in [0.15, 0.2) is 0 Å². The quantitative estimate of drug-likeness (QED) is 0.0423. The molecule has 21 heteroatoms. The van der Waals surface area contributed by atoms with E-state index in [-0.39, 0.29) is 29.9 Å². The summed E-state index contributed by atoms with van der Waals surface area (Å²) in [5.41, 5.74) is 16.3. The van der Waals surface area contributed by atoms with Gasteiger partial charge < -0.3 is 0 Å². The highest BCUT2D eigenvalue weighted by molar-refractivity contribution is 7.93. The minimum Gasteiger partial charge on any atom is -0.281 e. The number of nitrogens with zero attached hydrogens (tertiary/aromatic N) is 3. The first-order chi connectivity index (χ1) is 46.2. The molecule has 0 aliphatic heterocycles. The largest absolute Gasteiger partial charge is 0.281 e. The van der Waals surface area contributed by atoms with Crippen LogP contribution in [0.3, 0.4) is 0 Å². The van der Waals surface area contributed by atoms with Crippen LogP contribution in [0, 0.1) is 5.82 Å². The number of benzene rings is 6. The monoisotopic (exact) mass is 1390 g/mol. The van der Waals surface area contributed by atoms with Crippen molar-refractivity contribution in [1.29, 1.82) is 0 Å². The Kier molecular flexibility index (Phi) is 24.5. The molecule has 9 aromatic rings. The van der Waals surface area contributed by atoms with Crippen molar-refractivity contribution in [2.24, 2.45) is 0 Å². The third kappa shape index (κ3) is 20.2. The average Bonchev–Trinajstić information content (AvgIpc) is 1.69. The second-order valence-electron chi connectivity index (χ2n) is 24.4. The summed E-state index contributed by atoms with van der Waals surface area (Å²) in [5.74, 6) is -0.0243. The first-order valence-electron chi connectivity index (χ1n) is 32.4. The Bertz CT molecular complexity index is 4380. The molecule has 3 heterocycles. The summed E-state index contributed by atoms with van der Waals surface area (Å²) in [6.45, 7) is 5.48. The van der Waals surface area contributed by atoms with Crippen molar-refractivity contribution in [3.05, 3.63) is 280 Å². The highest BCUT2D eigenvalue weighted by atomic mass is 35.5. The summed E-state index contributed by atoms with van der Waals surface area (Å²) in [6, 6.07) is 49.6. The van der Waals surface area contributed by atoms with Gasteiger partial charge in [0.1, 0.15) is 5.82 Å². The minimum absolute atomic E-state index is 0.205. The van der Waals surface area contributed by atoms with E-state index in [4.69, 9.17) is 23.2 Å². The topological polar surface area (TPSA) is 225 Å². The Morgan fingerprint density at radius 1 is 0.479 bits per heavy atom. The van der Waals surface area contributed by atoms with Crippen LogP contribution in [-0.4, -0.2) is 55.8 Å². The molecule has 3 aliphatic rings. The number of allylic oxidation sites excluding steroid dienone is 2. The molecular formula is C75H80Cl2FN9O6S3. The van der Waals surface area contributed by atoms with Gasteiger partial charge in [0.25, 0.3) is 0 Å². The first kappa shape index (κ1) is 70.7. The number of fused-ring (bicyclic) bond motifs is 3. The van der Waals surface area contributed by atoms with Crippen LogP contribution in [0.2, 0.25) is 10.0 Å². The lowest BCUT2D eigenvalue weighted by atomic mass is 9.91. The lowest BCUT2D eigenvalue weighted by molar-refractivity contribution is 0.573. The molecule has 3 aromatic heterocycles. The maximum atomic E-state index is 13.6. The predicted molar refractivity (Wildman–Crippen MR) is 388 cm³/mol. The van der Waals surface area contributed by atoms with Crippen LogP contribution in [-0.2, 0) is 55.8 Å². The zero-order valence-electron chi connectivity index (χ0n) is 53.9. The number of nitrogens with one attached hydrogen (secondary N) is 6. The van der Waals surface area contributed by atoms with Crippen LogP contribution in [0.25, 0.3) is 41.5 Å². The van der Waals surface area contributed by atoms with Gasteiger partial charge in [-0.05, 0) is 209 Å². The molecule has 6 aromatic carbocycles. The zero-order chi connectivity index (χ0) is 67.7. The Balaban J connectivity index is 0.000000157. The molecule has 96 heavy (non-hydrogen) atoms. The third-order valence-electron chi connectivity index (χ3n) is 17.2. The van der Waals surface area contributed by atoms with Crippen LogP contribution in [0.15, 0.2) is 180 Å². The summed E-state index contributed by atoms with van der Waals surface area (Å²) >= 11 is 12.0.